The standard InChI is InChI=1S/C23H26FN3O4S/c1-4-31-21-13-15(10-11-20(21)30-2)19(14-32(3,28)29)27-18-9-5-7-16(22(18)25)23-17(24)8-6-12-26-23/h5-13,19,27H,4,14,25H2,1-3H3/t19-/m1/s1. The number of pyridine rings is 1. The van der Waals surface area contributed by atoms with Gasteiger partial charge in [-0.2, -0.15) is 0 Å². The van der Waals surface area contributed by atoms with E-state index in [2.05, 4.69) is 10.3 Å². The first-order chi connectivity index (χ1) is 15.2. The Kier molecular flexibility index (Phi) is 7.19. The number of hydrogen-bond acceptors (Lipinski definition) is 7. The van der Waals surface area contributed by atoms with Gasteiger partial charge in [-0.1, -0.05) is 18.2 Å². The molecular weight excluding hydrogens is 433 g/mol. The number of nitrogens with one attached hydrogen (secondary N) is 1. The van der Waals surface area contributed by atoms with E-state index in [-0.39, 0.29) is 17.1 Å². The second-order valence-corrected chi connectivity index (χ2v) is 9.42. The zero-order chi connectivity index (χ0) is 23.3. The maximum Gasteiger partial charge on any atom is 0.161 e. The Morgan fingerprint density at radius 2 is 1.94 bits per heavy atom. The summed E-state index contributed by atoms with van der Waals surface area (Å²) in [5, 5.41) is 3.21. The van der Waals surface area contributed by atoms with E-state index in [0.29, 0.717) is 34.9 Å². The van der Waals surface area contributed by atoms with Gasteiger partial charge in [0.05, 0.1) is 36.9 Å². The molecule has 1 aromatic heterocycles. The lowest BCUT2D eigenvalue weighted by molar-refractivity contribution is 0.310. The molecule has 170 valence electrons. The van der Waals surface area contributed by atoms with Gasteiger partial charge in [-0.05, 0) is 42.8 Å². The van der Waals surface area contributed by atoms with Crippen LogP contribution in [0.1, 0.15) is 18.5 Å². The Balaban J connectivity index is 2.03. The van der Waals surface area contributed by atoms with Crippen molar-refractivity contribution in [3.63, 3.8) is 0 Å². The van der Waals surface area contributed by atoms with Gasteiger partial charge in [-0.15, -0.1) is 0 Å². The van der Waals surface area contributed by atoms with Gasteiger partial charge in [0.1, 0.15) is 21.3 Å². The Bertz CT molecular complexity index is 1200. The van der Waals surface area contributed by atoms with E-state index >= 15 is 0 Å². The number of methoxy groups -OCH3 is 1. The van der Waals surface area contributed by atoms with Crippen LogP contribution in [0.25, 0.3) is 11.3 Å². The largest absolute Gasteiger partial charge is 0.493 e. The van der Waals surface area contributed by atoms with Crippen molar-refractivity contribution in [1.82, 2.24) is 4.98 Å². The number of benzene rings is 2. The minimum Gasteiger partial charge on any atom is -0.493 e. The molecule has 0 radical (unpaired) electrons. The number of aromatic nitrogens is 1. The molecule has 3 N–H and O–H groups in total. The zero-order valence-electron chi connectivity index (χ0n) is 18.1. The van der Waals surface area contributed by atoms with Crippen LogP contribution in [-0.4, -0.2) is 39.1 Å². The van der Waals surface area contributed by atoms with Crippen molar-refractivity contribution in [3.8, 4) is 22.8 Å². The monoisotopic (exact) mass is 459 g/mol. The van der Waals surface area contributed by atoms with Crippen LogP contribution >= 0.6 is 0 Å². The van der Waals surface area contributed by atoms with Crippen LogP contribution in [0.15, 0.2) is 54.7 Å². The fraction of sp³-hybridized carbons (Fsp3) is 0.261. The van der Waals surface area contributed by atoms with Gasteiger partial charge in [0.15, 0.2) is 11.5 Å². The zero-order valence-corrected chi connectivity index (χ0v) is 18.9. The summed E-state index contributed by atoms with van der Waals surface area (Å²) in [7, 11) is -1.83. The van der Waals surface area contributed by atoms with Crippen LogP contribution in [0.2, 0.25) is 0 Å². The first-order valence-corrected chi connectivity index (χ1v) is 12.0. The molecular formula is C23H26FN3O4S. The number of rotatable bonds is 9. The molecule has 0 saturated carbocycles. The topological polar surface area (TPSA) is 104 Å². The number of nitrogens with zero attached hydrogens (tertiary/aromatic N) is 1. The molecule has 1 atom stereocenters. The predicted molar refractivity (Wildman–Crippen MR) is 124 cm³/mol. The summed E-state index contributed by atoms with van der Waals surface area (Å²) < 4.78 is 49.6. The second-order valence-electron chi connectivity index (χ2n) is 7.23. The number of anilines is 2. The van der Waals surface area contributed by atoms with E-state index < -0.39 is 21.7 Å². The number of sulfone groups is 1. The van der Waals surface area contributed by atoms with Gasteiger partial charge in [-0.3, -0.25) is 4.98 Å². The molecule has 1 heterocycles. The van der Waals surface area contributed by atoms with Gasteiger partial charge in [0.2, 0.25) is 0 Å². The van der Waals surface area contributed by atoms with Crippen LogP contribution in [0.4, 0.5) is 15.8 Å². The number of hydrogen-bond donors (Lipinski definition) is 2. The van der Waals surface area contributed by atoms with Crippen molar-refractivity contribution in [2.45, 2.75) is 13.0 Å². The Morgan fingerprint density at radius 3 is 2.59 bits per heavy atom. The minimum absolute atomic E-state index is 0.122. The fourth-order valence-electron chi connectivity index (χ4n) is 3.37. The average molecular weight is 460 g/mol. The highest BCUT2D eigenvalue weighted by molar-refractivity contribution is 7.90. The Hall–Kier alpha value is -3.33. The lowest BCUT2D eigenvalue weighted by Gasteiger charge is -2.23. The highest BCUT2D eigenvalue weighted by Gasteiger charge is 2.21. The van der Waals surface area contributed by atoms with E-state index in [9.17, 15) is 12.8 Å². The maximum absolute atomic E-state index is 14.3. The maximum atomic E-state index is 14.3. The number of ether oxygens (including phenoxy) is 2. The van der Waals surface area contributed by atoms with Crippen LogP contribution in [0, 0.1) is 5.82 Å². The summed E-state index contributed by atoms with van der Waals surface area (Å²) in [5.74, 6) is 0.360. The van der Waals surface area contributed by atoms with Crippen molar-refractivity contribution < 1.29 is 22.3 Å². The van der Waals surface area contributed by atoms with E-state index in [1.54, 1.807) is 36.4 Å². The van der Waals surface area contributed by atoms with Crippen molar-refractivity contribution >= 4 is 21.2 Å². The first kappa shape index (κ1) is 23.3. The average Bonchev–Trinajstić information content (AvgIpc) is 2.74. The van der Waals surface area contributed by atoms with E-state index in [1.807, 2.05) is 6.92 Å². The van der Waals surface area contributed by atoms with Gasteiger partial charge < -0.3 is 20.5 Å². The lowest BCUT2D eigenvalue weighted by atomic mass is 10.0. The van der Waals surface area contributed by atoms with Crippen molar-refractivity contribution in [2.24, 2.45) is 0 Å². The predicted octanol–water partition coefficient (Wildman–Crippen LogP) is 4.08. The normalized spacial score (nSPS) is 12.2. The minimum atomic E-state index is -3.36. The molecule has 9 heteroatoms. The van der Waals surface area contributed by atoms with E-state index in [1.165, 1.54) is 25.4 Å². The summed E-state index contributed by atoms with van der Waals surface area (Å²) in [5.41, 5.74) is 8.28. The fourth-order valence-corrected chi connectivity index (χ4v) is 4.25. The van der Waals surface area contributed by atoms with Crippen LogP contribution in [0.5, 0.6) is 11.5 Å². The third-order valence-electron chi connectivity index (χ3n) is 4.81. The molecule has 0 aliphatic carbocycles. The lowest BCUT2D eigenvalue weighted by Crippen LogP contribution is -2.21. The highest BCUT2D eigenvalue weighted by Crippen LogP contribution is 2.36. The number of halogens is 1. The molecule has 0 amide bonds. The molecule has 7 nitrogen and oxygen atoms in total. The summed E-state index contributed by atoms with van der Waals surface area (Å²) in [6.07, 6.45) is 2.65. The quantitative estimate of drug-likeness (QED) is 0.465. The molecule has 0 bridgehead atoms. The Morgan fingerprint density at radius 1 is 1.16 bits per heavy atom. The van der Waals surface area contributed by atoms with Gasteiger partial charge in [-0.25, -0.2) is 12.8 Å². The van der Waals surface area contributed by atoms with Crippen LogP contribution in [0.3, 0.4) is 0 Å². The van der Waals surface area contributed by atoms with Gasteiger partial charge in [0.25, 0.3) is 0 Å². The summed E-state index contributed by atoms with van der Waals surface area (Å²) >= 11 is 0. The van der Waals surface area contributed by atoms with Crippen molar-refractivity contribution in [1.29, 1.82) is 0 Å². The third kappa shape index (κ3) is 5.47. The molecule has 3 rings (SSSR count). The van der Waals surface area contributed by atoms with Crippen molar-refractivity contribution in [3.05, 3.63) is 66.1 Å². The van der Waals surface area contributed by atoms with E-state index in [4.69, 9.17) is 15.2 Å². The van der Waals surface area contributed by atoms with Crippen molar-refractivity contribution in [2.75, 3.05) is 36.8 Å². The molecule has 3 aromatic rings. The SMILES string of the molecule is CCOc1cc([C@@H](CS(C)(=O)=O)Nc2cccc(-c3ncccc3F)c2N)ccc1OC. The summed E-state index contributed by atoms with van der Waals surface area (Å²) in [4.78, 5) is 4.09. The number of para-hydroxylation sites is 1. The molecule has 2 aromatic carbocycles. The third-order valence-corrected chi connectivity index (χ3v) is 5.75. The van der Waals surface area contributed by atoms with E-state index in [0.717, 1.165) is 6.26 Å². The van der Waals surface area contributed by atoms with Crippen LogP contribution < -0.4 is 20.5 Å². The van der Waals surface area contributed by atoms with Gasteiger partial charge >= 0.3 is 0 Å². The Labute approximate surface area is 187 Å². The first-order valence-electron chi connectivity index (χ1n) is 9.97. The smallest absolute Gasteiger partial charge is 0.161 e. The van der Waals surface area contributed by atoms with Crippen LogP contribution in [-0.2, 0) is 9.84 Å². The number of nitrogens with two attached hydrogens (primary N) is 1. The molecule has 0 spiro atoms. The molecule has 0 fully saturated rings. The summed E-state index contributed by atoms with van der Waals surface area (Å²) in [6.45, 7) is 2.27. The second kappa shape index (κ2) is 9.86. The highest BCUT2D eigenvalue weighted by atomic mass is 32.2. The molecule has 0 aliphatic rings. The van der Waals surface area contributed by atoms with Gasteiger partial charge in [0, 0.05) is 18.0 Å². The summed E-state index contributed by atoms with van der Waals surface area (Å²) in [6, 6.07) is 12.5. The molecule has 0 aliphatic heterocycles. The molecule has 0 saturated heterocycles. The molecule has 32 heavy (non-hydrogen) atoms. The number of nitrogen functional groups attached to an aromatic ring is 1. The molecule has 0 unspecified atom stereocenters.